The largest absolute Gasteiger partial charge is 0.345 e. The third kappa shape index (κ3) is 3.78. The molecule has 1 aromatic carbocycles. The number of nitrogens with zero attached hydrogens (tertiary/aromatic N) is 1. The van der Waals surface area contributed by atoms with E-state index < -0.39 is 0 Å². The van der Waals surface area contributed by atoms with Crippen LogP contribution in [-0.4, -0.2) is 10.9 Å². The molecular formula is C14H12BrClN2O. The first-order valence-electron chi connectivity index (χ1n) is 5.73. The van der Waals surface area contributed by atoms with Crippen molar-refractivity contribution in [2.75, 3.05) is 0 Å². The summed E-state index contributed by atoms with van der Waals surface area (Å²) in [6.45, 7) is 1.92. The van der Waals surface area contributed by atoms with Gasteiger partial charge in [-0.15, -0.1) is 0 Å². The monoisotopic (exact) mass is 338 g/mol. The third-order valence-corrected chi connectivity index (χ3v) is 3.37. The summed E-state index contributed by atoms with van der Waals surface area (Å²) in [6, 6.07) is 9.04. The molecule has 2 rings (SSSR count). The van der Waals surface area contributed by atoms with E-state index in [0.717, 1.165) is 10.0 Å². The number of nitrogens with one attached hydrogen (secondary N) is 1. The van der Waals surface area contributed by atoms with Gasteiger partial charge in [0.2, 0.25) is 0 Å². The van der Waals surface area contributed by atoms with E-state index >= 15 is 0 Å². The van der Waals surface area contributed by atoms with E-state index in [1.54, 1.807) is 24.4 Å². The van der Waals surface area contributed by atoms with Gasteiger partial charge in [0.1, 0.15) is 0 Å². The van der Waals surface area contributed by atoms with Gasteiger partial charge >= 0.3 is 0 Å². The van der Waals surface area contributed by atoms with E-state index in [1.165, 1.54) is 6.20 Å². The fourth-order valence-corrected chi connectivity index (χ4v) is 2.14. The molecule has 0 saturated heterocycles. The van der Waals surface area contributed by atoms with Crippen molar-refractivity contribution in [2.45, 2.75) is 13.0 Å². The first-order chi connectivity index (χ1) is 9.06. The molecule has 2 aromatic rings. The summed E-state index contributed by atoms with van der Waals surface area (Å²) in [4.78, 5) is 16.0. The zero-order chi connectivity index (χ0) is 13.8. The van der Waals surface area contributed by atoms with E-state index in [2.05, 4.69) is 26.2 Å². The van der Waals surface area contributed by atoms with Gasteiger partial charge in [-0.05, 0) is 46.6 Å². The number of aromatic nitrogens is 1. The van der Waals surface area contributed by atoms with Crippen LogP contribution >= 0.6 is 27.5 Å². The van der Waals surface area contributed by atoms with Gasteiger partial charge in [0.05, 0.1) is 11.6 Å². The van der Waals surface area contributed by atoms with Crippen LogP contribution in [0.2, 0.25) is 5.02 Å². The summed E-state index contributed by atoms with van der Waals surface area (Å²) < 4.78 is 0.777. The number of carbonyl (C=O) groups excluding carboxylic acids is 1. The molecule has 98 valence electrons. The van der Waals surface area contributed by atoms with Crippen molar-refractivity contribution in [1.82, 2.24) is 10.3 Å². The molecule has 3 nitrogen and oxygen atoms in total. The topological polar surface area (TPSA) is 42.0 Å². The minimum absolute atomic E-state index is 0.0938. The fourth-order valence-electron chi connectivity index (χ4n) is 1.65. The van der Waals surface area contributed by atoms with Crippen LogP contribution in [0.3, 0.4) is 0 Å². The van der Waals surface area contributed by atoms with E-state index in [9.17, 15) is 4.79 Å². The van der Waals surface area contributed by atoms with E-state index in [-0.39, 0.29) is 11.9 Å². The average Bonchev–Trinajstić information content (AvgIpc) is 2.39. The first kappa shape index (κ1) is 14.0. The molecule has 0 radical (unpaired) electrons. The Balaban J connectivity index is 2.08. The molecule has 1 N–H and O–H groups in total. The van der Waals surface area contributed by atoms with Gasteiger partial charge in [0.15, 0.2) is 0 Å². The number of pyridine rings is 1. The van der Waals surface area contributed by atoms with Crippen molar-refractivity contribution in [3.8, 4) is 0 Å². The number of halogens is 2. The number of hydrogen-bond acceptors (Lipinski definition) is 2. The number of hydrogen-bond donors (Lipinski definition) is 1. The zero-order valence-corrected chi connectivity index (χ0v) is 12.6. The van der Waals surface area contributed by atoms with Gasteiger partial charge in [0.25, 0.3) is 5.91 Å². The van der Waals surface area contributed by atoms with Crippen LogP contribution in [0.15, 0.2) is 47.2 Å². The predicted octanol–water partition coefficient (Wildman–Crippen LogP) is 3.99. The van der Waals surface area contributed by atoms with Crippen LogP contribution < -0.4 is 5.32 Å². The molecule has 0 spiro atoms. The van der Waals surface area contributed by atoms with Crippen LogP contribution in [0.4, 0.5) is 0 Å². The van der Waals surface area contributed by atoms with Crippen molar-refractivity contribution in [2.24, 2.45) is 0 Å². The Hall–Kier alpha value is -1.39. The maximum Gasteiger partial charge on any atom is 0.253 e. The molecule has 0 saturated carbocycles. The maximum atomic E-state index is 12.0. The number of benzene rings is 1. The number of rotatable bonds is 3. The predicted molar refractivity (Wildman–Crippen MR) is 79.3 cm³/mol. The molecule has 19 heavy (non-hydrogen) atoms. The molecule has 1 unspecified atom stereocenters. The molecule has 5 heteroatoms. The van der Waals surface area contributed by atoms with Gasteiger partial charge < -0.3 is 5.32 Å². The first-order valence-corrected chi connectivity index (χ1v) is 6.90. The Morgan fingerprint density at radius 3 is 2.63 bits per heavy atom. The summed E-state index contributed by atoms with van der Waals surface area (Å²) in [5.41, 5.74) is 1.52. The Morgan fingerprint density at radius 2 is 2.00 bits per heavy atom. The Kier molecular flexibility index (Phi) is 4.56. The molecule has 0 fully saturated rings. The maximum absolute atomic E-state index is 12.0. The summed E-state index contributed by atoms with van der Waals surface area (Å²) >= 11 is 9.13. The smallest absolute Gasteiger partial charge is 0.253 e. The van der Waals surface area contributed by atoms with Crippen molar-refractivity contribution in [1.29, 1.82) is 0 Å². The summed E-state index contributed by atoms with van der Waals surface area (Å²) in [6.07, 6.45) is 3.17. The quantitative estimate of drug-likeness (QED) is 0.918. The number of amides is 1. The average molecular weight is 340 g/mol. The normalized spacial score (nSPS) is 11.9. The van der Waals surface area contributed by atoms with Crippen LogP contribution in [0.25, 0.3) is 0 Å². The van der Waals surface area contributed by atoms with Gasteiger partial charge in [-0.2, -0.15) is 0 Å². The number of carbonyl (C=O) groups is 1. The van der Waals surface area contributed by atoms with Crippen LogP contribution in [0, 0.1) is 0 Å². The van der Waals surface area contributed by atoms with E-state index in [1.807, 2.05) is 19.1 Å². The summed E-state index contributed by atoms with van der Waals surface area (Å²) in [5, 5.41) is 3.60. The van der Waals surface area contributed by atoms with Gasteiger partial charge in [0, 0.05) is 21.9 Å². The molecule has 1 amide bonds. The van der Waals surface area contributed by atoms with Gasteiger partial charge in [-0.1, -0.05) is 23.7 Å². The summed E-state index contributed by atoms with van der Waals surface area (Å²) in [5.74, 6) is -0.156. The second-order valence-corrected chi connectivity index (χ2v) is 5.49. The van der Waals surface area contributed by atoms with Crippen LogP contribution in [0.1, 0.15) is 28.9 Å². The highest BCUT2D eigenvalue weighted by Crippen LogP contribution is 2.17. The van der Waals surface area contributed by atoms with Crippen molar-refractivity contribution < 1.29 is 4.79 Å². The van der Waals surface area contributed by atoms with Gasteiger partial charge in [-0.3, -0.25) is 9.78 Å². The molecule has 0 aliphatic rings. The second-order valence-electron chi connectivity index (χ2n) is 4.14. The Bertz CT molecular complexity index is 586. The molecule has 1 heterocycles. The molecule has 1 atom stereocenters. The minimum atomic E-state index is -0.156. The fraction of sp³-hybridized carbons (Fsp3) is 0.143. The molecule has 0 aliphatic heterocycles. The molecule has 0 aliphatic carbocycles. The highest BCUT2D eigenvalue weighted by molar-refractivity contribution is 9.10. The second kappa shape index (κ2) is 6.17. The summed E-state index contributed by atoms with van der Waals surface area (Å²) in [7, 11) is 0. The van der Waals surface area contributed by atoms with Gasteiger partial charge in [-0.25, -0.2) is 0 Å². The molecule has 1 aromatic heterocycles. The van der Waals surface area contributed by atoms with Crippen molar-refractivity contribution in [3.05, 3.63) is 63.3 Å². The lowest BCUT2D eigenvalue weighted by molar-refractivity contribution is 0.0939. The Morgan fingerprint density at radius 1 is 1.32 bits per heavy atom. The zero-order valence-electron chi connectivity index (χ0n) is 10.2. The van der Waals surface area contributed by atoms with Crippen molar-refractivity contribution in [3.63, 3.8) is 0 Å². The lowest BCUT2D eigenvalue weighted by Crippen LogP contribution is -2.26. The minimum Gasteiger partial charge on any atom is -0.345 e. The van der Waals surface area contributed by atoms with Crippen LogP contribution in [0.5, 0.6) is 0 Å². The lowest BCUT2D eigenvalue weighted by Gasteiger charge is -2.14. The van der Waals surface area contributed by atoms with Crippen LogP contribution in [-0.2, 0) is 0 Å². The third-order valence-electron chi connectivity index (χ3n) is 2.68. The Labute approximate surface area is 125 Å². The SMILES string of the molecule is CC(NC(=O)c1cncc(Br)c1)c1ccc(Cl)cc1. The molecule has 0 bridgehead atoms. The van der Waals surface area contributed by atoms with E-state index in [4.69, 9.17) is 11.6 Å². The van der Waals surface area contributed by atoms with E-state index in [0.29, 0.717) is 10.6 Å². The van der Waals surface area contributed by atoms with Crippen molar-refractivity contribution >= 4 is 33.4 Å². The highest BCUT2D eigenvalue weighted by atomic mass is 79.9. The molecular weight excluding hydrogens is 328 g/mol. The lowest BCUT2D eigenvalue weighted by atomic mass is 10.1. The standard InChI is InChI=1S/C14H12BrClN2O/c1-9(10-2-4-13(16)5-3-10)18-14(19)11-6-12(15)8-17-7-11/h2-9H,1H3,(H,18,19). The highest BCUT2D eigenvalue weighted by Gasteiger charge is 2.11.